The van der Waals surface area contributed by atoms with E-state index in [0.717, 1.165) is 30.4 Å². The van der Waals surface area contributed by atoms with E-state index >= 15 is 0 Å². The van der Waals surface area contributed by atoms with Gasteiger partial charge in [-0.2, -0.15) is 0 Å². The van der Waals surface area contributed by atoms with Gasteiger partial charge in [-0.15, -0.1) is 0 Å². The third-order valence-corrected chi connectivity index (χ3v) is 8.91. The first-order chi connectivity index (χ1) is 19.7. The number of nitrogens with zero attached hydrogens (tertiary/aromatic N) is 7. The largest absolute Gasteiger partial charge is 0.353 e. The zero-order valence-electron chi connectivity index (χ0n) is 23.2. The number of rotatable bonds is 4. The van der Waals surface area contributed by atoms with E-state index in [-0.39, 0.29) is 26.0 Å². The van der Waals surface area contributed by atoms with E-state index in [1.807, 2.05) is 49.4 Å². The number of aryl methyl sites for hydroxylation is 1. The molecule has 12 heteroatoms. The number of para-hydroxylation sites is 1. The van der Waals surface area contributed by atoms with Gasteiger partial charge in [0.15, 0.2) is 4.32 Å². The highest BCUT2D eigenvalue weighted by atomic mass is 32.2. The average molecular weight is 588 g/mol. The van der Waals surface area contributed by atoms with Crippen LogP contribution >= 0.6 is 24.0 Å². The fourth-order valence-electron chi connectivity index (χ4n) is 5.24. The van der Waals surface area contributed by atoms with E-state index in [4.69, 9.17) is 17.2 Å². The molecule has 1 aromatic carbocycles. The van der Waals surface area contributed by atoms with Gasteiger partial charge in [0.05, 0.1) is 21.8 Å². The van der Waals surface area contributed by atoms with Crippen molar-refractivity contribution in [3.8, 4) is 5.69 Å². The van der Waals surface area contributed by atoms with Gasteiger partial charge in [-0.1, -0.05) is 48.2 Å². The molecule has 2 saturated heterocycles. The van der Waals surface area contributed by atoms with Gasteiger partial charge in [0, 0.05) is 39.4 Å². The van der Waals surface area contributed by atoms with E-state index in [9.17, 15) is 14.4 Å². The summed E-state index contributed by atoms with van der Waals surface area (Å²) in [5.41, 5.74) is 2.64. The second-order valence-electron chi connectivity index (χ2n) is 10.3. The standard InChI is InChI=1S/C29H29N7O3S2/c1-18-10-11-23-30-25(33-14-12-31(3)13-15-33)21(26(37)34(23)17-18)16-22-27(38)35(29(40)41-22)24-19(2)32(4)36(28(24)39)20-8-6-5-7-9-20/h5-11,16-17H,12-15H2,1-4H3/b22-16+. The van der Waals surface area contributed by atoms with Crippen LogP contribution in [0.15, 0.2) is 63.2 Å². The topological polar surface area (TPSA) is 88.1 Å². The molecule has 2 fully saturated rings. The molecule has 210 valence electrons. The number of thiocarbonyl (C=S) groups is 1. The highest BCUT2D eigenvalue weighted by Gasteiger charge is 2.38. The van der Waals surface area contributed by atoms with Crippen molar-refractivity contribution in [1.82, 2.24) is 23.6 Å². The van der Waals surface area contributed by atoms with Crippen molar-refractivity contribution in [2.75, 3.05) is 43.0 Å². The van der Waals surface area contributed by atoms with Crippen molar-refractivity contribution in [2.45, 2.75) is 13.8 Å². The van der Waals surface area contributed by atoms with Crippen molar-refractivity contribution < 1.29 is 4.79 Å². The van der Waals surface area contributed by atoms with Crippen molar-refractivity contribution >= 4 is 57.4 Å². The Labute approximate surface area is 246 Å². The first kappa shape index (κ1) is 27.2. The van der Waals surface area contributed by atoms with Crippen LogP contribution < -0.4 is 20.9 Å². The summed E-state index contributed by atoms with van der Waals surface area (Å²) < 4.78 is 4.97. The molecule has 0 radical (unpaired) electrons. The number of carbonyl (C=O) groups excluding carboxylic acids is 1. The molecule has 2 aliphatic heterocycles. The minimum absolute atomic E-state index is 0.200. The Morgan fingerprint density at radius 1 is 0.927 bits per heavy atom. The van der Waals surface area contributed by atoms with Gasteiger partial charge in [0.1, 0.15) is 17.2 Å². The molecule has 0 spiro atoms. The first-order valence-corrected chi connectivity index (χ1v) is 14.5. The molecule has 4 aromatic rings. The Kier molecular flexibility index (Phi) is 6.92. The van der Waals surface area contributed by atoms with Crippen molar-refractivity contribution in [3.05, 3.63) is 91.1 Å². The van der Waals surface area contributed by atoms with E-state index < -0.39 is 5.91 Å². The quantitative estimate of drug-likeness (QED) is 0.266. The Morgan fingerprint density at radius 2 is 1.63 bits per heavy atom. The van der Waals surface area contributed by atoms with Gasteiger partial charge in [-0.05, 0) is 50.7 Å². The SMILES string of the molecule is Cc1ccc2nc(N3CCN(C)CC3)c(/C=C3/SC(=S)N(c4c(C)n(C)n(-c5ccccc5)c4=O)C3=O)c(=O)n2c1. The highest BCUT2D eigenvalue weighted by Crippen LogP contribution is 2.37. The maximum Gasteiger partial charge on any atom is 0.296 e. The van der Waals surface area contributed by atoms with Gasteiger partial charge in [0.25, 0.3) is 17.0 Å². The second kappa shape index (κ2) is 10.4. The number of piperazine rings is 1. The molecule has 0 aliphatic carbocycles. The molecule has 0 N–H and O–H groups in total. The number of benzene rings is 1. The number of anilines is 2. The van der Waals surface area contributed by atoms with Crippen LogP contribution in [0.1, 0.15) is 16.8 Å². The molecule has 0 atom stereocenters. The van der Waals surface area contributed by atoms with Gasteiger partial charge in [-0.3, -0.25) is 28.4 Å². The summed E-state index contributed by atoms with van der Waals surface area (Å²) in [6.07, 6.45) is 3.34. The lowest BCUT2D eigenvalue weighted by molar-refractivity contribution is -0.113. The predicted molar refractivity (Wildman–Crippen MR) is 167 cm³/mol. The van der Waals surface area contributed by atoms with Crippen molar-refractivity contribution in [3.63, 3.8) is 0 Å². The smallest absolute Gasteiger partial charge is 0.296 e. The molecule has 0 unspecified atom stereocenters. The molecule has 5 heterocycles. The highest BCUT2D eigenvalue weighted by molar-refractivity contribution is 8.27. The Balaban J connectivity index is 1.47. The summed E-state index contributed by atoms with van der Waals surface area (Å²) >= 11 is 6.72. The number of carbonyl (C=O) groups is 1. The lowest BCUT2D eigenvalue weighted by Crippen LogP contribution is -2.45. The molecule has 0 saturated carbocycles. The summed E-state index contributed by atoms with van der Waals surface area (Å²) in [5.74, 6) is 0.101. The van der Waals surface area contributed by atoms with Crippen LogP contribution in [0.25, 0.3) is 17.4 Å². The van der Waals surface area contributed by atoms with Crippen molar-refractivity contribution in [2.24, 2.45) is 7.05 Å². The number of fused-ring (bicyclic) bond motifs is 1. The molecule has 6 rings (SSSR count). The minimum Gasteiger partial charge on any atom is -0.353 e. The molecule has 41 heavy (non-hydrogen) atoms. The van der Waals surface area contributed by atoms with Gasteiger partial charge < -0.3 is 9.80 Å². The van der Waals surface area contributed by atoms with Crippen LogP contribution in [0.4, 0.5) is 11.5 Å². The minimum atomic E-state index is -0.441. The van der Waals surface area contributed by atoms with Gasteiger partial charge >= 0.3 is 0 Å². The Hall–Kier alpha value is -4.00. The summed E-state index contributed by atoms with van der Waals surface area (Å²) in [4.78, 5) is 52.2. The molecule has 2 aliphatic rings. The van der Waals surface area contributed by atoms with E-state index in [0.29, 0.717) is 41.5 Å². The maximum atomic E-state index is 13.9. The summed E-state index contributed by atoms with van der Waals surface area (Å²) in [6.45, 7) is 6.76. The first-order valence-electron chi connectivity index (χ1n) is 13.2. The fraction of sp³-hybridized carbons (Fsp3) is 0.276. The van der Waals surface area contributed by atoms with Crippen LogP contribution in [0.5, 0.6) is 0 Å². The Bertz CT molecular complexity index is 1870. The average Bonchev–Trinajstić information content (AvgIpc) is 3.35. The van der Waals surface area contributed by atoms with Crippen molar-refractivity contribution in [1.29, 1.82) is 0 Å². The fourth-order valence-corrected chi connectivity index (χ4v) is 6.49. The number of hydrogen-bond donors (Lipinski definition) is 0. The lowest BCUT2D eigenvalue weighted by Gasteiger charge is -2.34. The summed E-state index contributed by atoms with van der Waals surface area (Å²) in [7, 11) is 3.83. The maximum absolute atomic E-state index is 13.9. The number of aromatic nitrogens is 4. The third-order valence-electron chi connectivity index (χ3n) is 7.60. The number of hydrogen-bond acceptors (Lipinski definition) is 8. The molecular formula is C29H29N7O3S2. The molecular weight excluding hydrogens is 558 g/mol. The monoisotopic (exact) mass is 587 g/mol. The van der Waals surface area contributed by atoms with Gasteiger partial charge in [0.2, 0.25) is 0 Å². The third kappa shape index (κ3) is 4.61. The van der Waals surface area contributed by atoms with Crippen LogP contribution in [-0.2, 0) is 11.8 Å². The van der Waals surface area contributed by atoms with Crippen LogP contribution in [0, 0.1) is 13.8 Å². The van der Waals surface area contributed by atoms with E-state index in [1.54, 1.807) is 30.9 Å². The number of thioether (sulfide) groups is 1. The van der Waals surface area contributed by atoms with Crippen LogP contribution in [0.3, 0.4) is 0 Å². The van der Waals surface area contributed by atoms with Gasteiger partial charge in [-0.25, -0.2) is 9.67 Å². The number of amides is 1. The zero-order chi connectivity index (χ0) is 29.0. The molecule has 10 nitrogen and oxygen atoms in total. The van der Waals surface area contributed by atoms with Crippen LogP contribution in [0.2, 0.25) is 0 Å². The van der Waals surface area contributed by atoms with Crippen LogP contribution in [-0.4, -0.2) is 67.1 Å². The second-order valence-corrected chi connectivity index (χ2v) is 12.0. The number of likely N-dealkylation sites (N-methyl/N-ethyl adjacent to an activating group) is 1. The summed E-state index contributed by atoms with van der Waals surface area (Å²) in [5, 5.41) is 0. The number of pyridine rings is 1. The Morgan fingerprint density at radius 3 is 2.34 bits per heavy atom. The molecule has 3 aromatic heterocycles. The zero-order valence-corrected chi connectivity index (χ0v) is 24.8. The molecule has 1 amide bonds. The predicted octanol–water partition coefficient (Wildman–Crippen LogP) is 2.96. The van der Waals surface area contributed by atoms with E-state index in [1.165, 1.54) is 14.0 Å². The summed E-state index contributed by atoms with van der Waals surface area (Å²) in [6, 6.07) is 13.0. The molecule has 0 bridgehead atoms. The normalized spacial score (nSPS) is 17.4. The lowest BCUT2D eigenvalue weighted by atomic mass is 10.2. The van der Waals surface area contributed by atoms with E-state index in [2.05, 4.69) is 16.8 Å².